The van der Waals surface area contributed by atoms with Crippen molar-refractivity contribution in [1.29, 1.82) is 0 Å². The van der Waals surface area contributed by atoms with Gasteiger partial charge in [-0.2, -0.15) is 4.31 Å². The SMILES string of the molecule is CCCN(C1(CN)CCCC1)S(=O)(=O)CC. The lowest BCUT2D eigenvalue weighted by Gasteiger charge is -2.39. The first kappa shape index (κ1) is 13.9. The van der Waals surface area contributed by atoms with Crippen LogP contribution in [0.4, 0.5) is 0 Å². The Morgan fingerprint density at radius 3 is 2.19 bits per heavy atom. The zero-order chi connectivity index (χ0) is 12.2. The molecule has 4 nitrogen and oxygen atoms in total. The molecule has 1 rings (SSSR count). The quantitative estimate of drug-likeness (QED) is 0.771. The molecule has 0 amide bonds. The summed E-state index contributed by atoms with van der Waals surface area (Å²) in [6.07, 6.45) is 4.87. The van der Waals surface area contributed by atoms with Crippen LogP contribution in [0.2, 0.25) is 0 Å². The zero-order valence-corrected chi connectivity index (χ0v) is 11.2. The Labute approximate surface area is 99.2 Å². The highest BCUT2D eigenvalue weighted by Crippen LogP contribution is 2.36. The predicted octanol–water partition coefficient (Wildman–Crippen LogP) is 1.32. The van der Waals surface area contributed by atoms with Gasteiger partial charge in [0.25, 0.3) is 0 Å². The van der Waals surface area contributed by atoms with E-state index in [1.807, 2.05) is 6.92 Å². The molecule has 96 valence electrons. The number of hydrogen-bond donors (Lipinski definition) is 1. The number of hydrogen-bond acceptors (Lipinski definition) is 3. The Morgan fingerprint density at radius 2 is 1.81 bits per heavy atom. The first-order chi connectivity index (χ1) is 7.52. The Morgan fingerprint density at radius 1 is 1.25 bits per heavy atom. The molecule has 0 aromatic carbocycles. The molecule has 0 radical (unpaired) electrons. The van der Waals surface area contributed by atoms with Gasteiger partial charge in [0.2, 0.25) is 10.0 Å². The van der Waals surface area contributed by atoms with Crippen molar-refractivity contribution in [3.63, 3.8) is 0 Å². The van der Waals surface area contributed by atoms with Gasteiger partial charge in [-0.05, 0) is 26.2 Å². The van der Waals surface area contributed by atoms with E-state index < -0.39 is 10.0 Å². The molecule has 0 saturated heterocycles. The predicted molar refractivity (Wildman–Crippen MR) is 66.7 cm³/mol. The highest BCUT2D eigenvalue weighted by atomic mass is 32.2. The van der Waals surface area contributed by atoms with E-state index in [0.29, 0.717) is 13.1 Å². The van der Waals surface area contributed by atoms with Gasteiger partial charge in [-0.15, -0.1) is 0 Å². The molecule has 1 aliphatic rings. The van der Waals surface area contributed by atoms with Crippen LogP contribution in [-0.2, 0) is 10.0 Å². The van der Waals surface area contributed by atoms with Crippen LogP contribution in [0.5, 0.6) is 0 Å². The molecule has 0 unspecified atom stereocenters. The lowest BCUT2D eigenvalue weighted by molar-refractivity contribution is 0.197. The van der Waals surface area contributed by atoms with Crippen molar-refractivity contribution in [2.75, 3.05) is 18.8 Å². The molecule has 5 heteroatoms. The van der Waals surface area contributed by atoms with E-state index in [1.54, 1.807) is 11.2 Å². The Hall–Kier alpha value is -0.130. The highest BCUT2D eigenvalue weighted by molar-refractivity contribution is 7.89. The molecule has 2 N–H and O–H groups in total. The zero-order valence-electron chi connectivity index (χ0n) is 10.4. The van der Waals surface area contributed by atoms with Gasteiger partial charge >= 0.3 is 0 Å². The summed E-state index contributed by atoms with van der Waals surface area (Å²) in [5.74, 6) is 0.175. The fourth-order valence-corrected chi connectivity index (χ4v) is 4.24. The van der Waals surface area contributed by atoms with Crippen molar-refractivity contribution in [1.82, 2.24) is 4.31 Å². The topological polar surface area (TPSA) is 63.4 Å². The summed E-state index contributed by atoms with van der Waals surface area (Å²) in [6.45, 7) is 4.77. The summed E-state index contributed by atoms with van der Waals surface area (Å²) in [5.41, 5.74) is 5.56. The Balaban J connectivity index is 3.00. The van der Waals surface area contributed by atoms with Gasteiger partial charge in [0.05, 0.1) is 5.75 Å². The molecule has 1 aliphatic carbocycles. The van der Waals surface area contributed by atoms with Crippen LogP contribution in [0.1, 0.15) is 46.0 Å². The second kappa shape index (κ2) is 5.47. The van der Waals surface area contributed by atoms with Gasteiger partial charge in [0.15, 0.2) is 0 Å². The first-order valence-electron chi connectivity index (χ1n) is 6.23. The monoisotopic (exact) mass is 248 g/mol. The molecule has 0 heterocycles. The van der Waals surface area contributed by atoms with Crippen LogP contribution in [0, 0.1) is 0 Å². The van der Waals surface area contributed by atoms with Crippen molar-refractivity contribution < 1.29 is 8.42 Å². The molecule has 0 aromatic rings. The maximum atomic E-state index is 12.1. The van der Waals surface area contributed by atoms with Crippen LogP contribution in [-0.4, -0.2) is 37.1 Å². The van der Waals surface area contributed by atoms with Gasteiger partial charge in [-0.3, -0.25) is 0 Å². The maximum Gasteiger partial charge on any atom is 0.214 e. The van der Waals surface area contributed by atoms with Gasteiger partial charge < -0.3 is 5.73 Å². The van der Waals surface area contributed by atoms with E-state index >= 15 is 0 Å². The fourth-order valence-electron chi connectivity index (χ4n) is 2.62. The molecule has 0 aliphatic heterocycles. The summed E-state index contributed by atoms with van der Waals surface area (Å²) in [5, 5.41) is 0. The van der Waals surface area contributed by atoms with Crippen LogP contribution in [0.3, 0.4) is 0 Å². The number of rotatable bonds is 6. The van der Waals surface area contributed by atoms with Gasteiger partial charge in [-0.1, -0.05) is 19.8 Å². The van der Waals surface area contributed by atoms with Crippen molar-refractivity contribution in [2.24, 2.45) is 5.73 Å². The van der Waals surface area contributed by atoms with E-state index in [2.05, 4.69) is 0 Å². The molecule has 0 aromatic heterocycles. The van der Waals surface area contributed by atoms with E-state index in [0.717, 1.165) is 32.1 Å². The Kier molecular flexibility index (Phi) is 4.76. The molecule has 16 heavy (non-hydrogen) atoms. The molecular formula is C11H24N2O2S. The summed E-state index contributed by atoms with van der Waals surface area (Å²) in [6, 6.07) is 0. The van der Waals surface area contributed by atoms with Crippen LogP contribution < -0.4 is 5.73 Å². The minimum atomic E-state index is -3.12. The van der Waals surface area contributed by atoms with Crippen LogP contribution in [0.15, 0.2) is 0 Å². The van der Waals surface area contributed by atoms with E-state index in [1.165, 1.54) is 0 Å². The first-order valence-corrected chi connectivity index (χ1v) is 7.84. The van der Waals surface area contributed by atoms with E-state index in [4.69, 9.17) is 5.73 Å². The summed E-state index contributed by atoms with van der Waals surface area (Å²) < 4.78 is 25.9. The van der Waals surface area contributed by atoms with E-state index in [-0.39, 0.29) is 11.3 Å². The third-order valence-corrected chi connectivity index (χ3v) is 5.54. The molecular weight excluding hydrogens is 224 g/mol. The van der Waals surface area contributed by atoms with Gasteiger partial charge in [-0.25, -0.2) is 8.42 Å². The highest BCUT2D eigenvalue weighted by Gasteiger charge is 2.43. The van der Waals surface area contributed by atoms with Crippen molar-refractivity contribution in [3.05, 3.63) is 0 Å². The molecule has 0 atom stereocenters. The lowest BCUT2D eigenvalue weighted by Crippen LogP contribution is -2.55. The van der Waals surface area contributed by atoms with Crippen LogP contribution >= 0.6 is 0 Å². The molecule has 0 spiro atoms. The fraction of sp³-hybridized carbons (Fsp3) is 1.00. The van der Waals surface area contributed by atoms with E-state index in [9.17, 15) is 8.42 Å². The number of nitrogens with zero attached hydrogens (tertiary/aromatic N) is 1. The minimum Gasteiger partial charge on any atom is -0.329 e. The minimum absolute atomic E-state index is 0.175. The second-order valence-electron chi connectivity index (χ2n) is 4.61. The second-order valence-corrected chi connectivity index (χ2v) is 6.79. The molecule has 0 bridgehead atoms. The Bertz CT molecular complexity index is 308. The summed E-state index contributed by atoms with van der Waals surface area (Å²) in [4.78, 5) is 0. The standard InChI is InChI=1S/C11H24N2O2S/c1-3-9-13(16(14,15)4-2)11(10-12)7-5-6-8-11/h3-10,12H2,1-2H3. The normalized spacial score (nSPS) is 20.5. The summed E-state index contributed by atoms with van der Waals surface area (Å²) in [7, 11) is -3.12. The van der Waals surface area contributed by atoms with Crippen molar-refractivity contribution in [3.8, 4) is 0 Å². The average molecular weight is 248 g/mol. The maximum absolute atomic E-state index is 12.1. The average Bonchev–Trinajstić information content (AvgIpc) is 2.75. The lowest BCUT2D eigenvalue weighted by atomic mass is 9.98. The van der Waals surface area contributed by atoms with Gasteiger partial charge in [0, 0.05) is 18.6 Å². The third-order valence-electron chi connectivity index (χ3n) is 3.57. The number of sulfonamides is 1. The number of nitrogens with two attached hydrogens (primary N) is 1. The van der Waals surface area contributed by atoms with Crippen molar-refractivity contribution >= 4 is 10.0 Å². The largest absolute Gasteiger partial charge is 0.329 e. The third kappa shape index (κ3) is 2.57. The summed E-state index contributed by atoms with van der Waals surface area (Å²) >= 11 is 0. The smallest absolute Gasteiger partial charge is 0.214 e. The molecule has 1 fully saturated rings. The molecule has 1 saturated carbocycles. The van der Waals surface area contributed by atoms with Crippen molar-refractivity contribution in [2.45, 2.75) is 51.5 Å². The van der Waals surface area contributed by atoms with Gasteiger partial charge in [0.1, 0.15) is 0 Å². The van der Waals surface area contributed by atoms with Crippen LogP contribution in [0.25, 0.3) is 0 Å².